The predicted octanol–water partition coefficient (Wildman–Crippen LogP) is 7.49. The van der Waals surface area contributed by atoms with Crippen molar-refractivity contribution in [3.05, 3.63) is 95.2 Å². The molecule has 0 saturated heterocycles. The summed E-state index contributed by atoms with van der Waals surface area (Å²) >= 11 is 0.875. The first kappa shape index (κ1) is 25.5. The van der Waals surface area contributed by atoms with Crippen LogP contribution >= 0.6 is 11.5 Å². The monoisotopic (exact) mass is 534 g/mol. The van der Waals surface area contributed by atoms with Crippen LogP contribution in [0.25, 0.3) is 21.6 Å². The molecule has 0 bridgehead atoms. The SMILES string of the molecule is Cc1nsc(-c2c(F)cc(-c3ccc(C4(C(=O)O)CC4)cc3)cc2F)c1NC(=O)OC(C)c1ccccc1. The molecule has 1 heterocycles. The lowest BCUT2D eigenvalue weighted by Crippen LogP contribution is -2.19. The fourth-order valence-electron chi connectivity index (χ4n) is 4.46. The maximum absolute atomic E-state index is 15.3. The number of aliphatic carboxylic acids is 1. The molecule has 1 atom stereocenters. The van der Waals surface area contributed by atoms with Gasteiger partial charge in [0, 0.05) is 0 Å². The number of amides is 1. The number of hydrogen-bond donors (Lipinski definition) is 2. The van der Waals surface area contributed by atoms with Gasteiger partial charge in [0.1, 0.15) is 17.7 Å². The van der Waals surface area contributed by atoms with E-state index in [0.717, 1.165) is 17.1 Å². The Kier molecular flexibility index (Phi) is 6.71. The molecule has 9 heteroatoms. The molecule has 4 aromatic rings. The van der Waals surface area contributed by atoms with Gasteiger partial charge in [-0.1, -0.05) is 54.6 Å². The van der Waals surface area contributed by atoms with Crippen molar-refractivity contribution in [3.63, 3.8) is 0 Å². The predicted molar refractivity (Wildman–Crippen MR) is 141 cm³/mol. The van der Waals surface area contributed by atoms with E-state index in [1.165, 1.54) is 12.1 Å². The van der Waals surface area contributed by atoms with Crippen molar-refractivity contribution >= 4 is 29.3 Å². The number of aromatic nitrogens is 1. The summed E-state index contributed by atoms with van der Waals surface area (Å²) in [5.74, 6) is -2.49. The molecule has 1 aliphatic rings. The maximum atomic E-state index is 15.3. The average Bonchev–Trinajstić information content (AvgIpc) is 3.65. The Morgan fingerprint density at radius 1 is 1.03 bits per heavy atom. The van der Waals surface area contributed by atoms with Gasteiger partial charge in [0.2, 0.25) is 0 Å². The van der Waals surface area contributed by atoms with Gasteiger partial charge in [0.15, 0.2) is 0 Å². The Morgan fingerprint density at radius 2 is 1.66 bits per heavy atom. The van der Waals surface area contributed by atoms with Gasteiger partial charge < -0.3 is 9.84 Å². The lowest BCUT2D eigenvalue weighted by Gasteiger charge is -2.15. The molecule has 3 aromatic carbocycles. The number of anilines is 1. The summed E-state index contributed by atoms with van der Waals surface area (Å²) in [7, 11) is 0. The Balaban J connectivity index is 1.39. The van der Waals surface area contributed by atoms with E-state index in [4.69, 9.17) is 4.74 Å². The van der Waals surface area contributed by atoms with Gasteiger partial charge in [0.25, 0.3) is 0 Å². The van der Waals surface area contributed by atoms with Crippen LogP contribution in [0.3, 0.4) is 0 Å². The topological polar surface area (TPSA) is 88.5 Å². The average molecular weight is 535 g/mol. The first-order valence-corrected chi connectivity index (χ1v) is 12.8. The number of hydrogen-bond acceptors (Lipinski definition) is 5. The van der Waals surface area contributed by atoms with Gasteiger partial charge >= 0.3 is 12.1 Å². The standard InChI is InChI=1S/C29H24F2N2O4S/c1-16-25(32-28(36)37-17(2)18-6-4-3-5-7-18)26(38-33-16)24-22(30)14-20(15-23(24)31)19-8-10-21(11-9-19)29(12-13-29)27(34)35/h3-11,14-15,17H,12-13H2,1-2H3,(H,32,36)(H,34,35). The van der Waals surface area contributed by atoms with Crippen LogP contribution in [0.2, 0.25) is 0 Å². The Hall–Kier alpha value is -4.11. The van der Waals surface area contributed by atoms with E-state index in [1.807, 2.05) is 30.3 Å². The summed E-state index contributed by atoms with van der Waals surface area (Å²) in [6.45, 7) is 3.36. The van der Waals surface area contributed by atoms with Crippen molar-refractivity contribution in [1.29, 1.82) is 0 Å². The fourth-order valence-corrected chi connectivity index (χ4v) is 5.36. The number of rotatable bonds is 7. The summed E-state index contributed by atoms with van der Waals surface area (Å²) in [4.78, 5) is 24.3. The fraction of sp³-hybridized carbons (Fsp3) is 0.207. The molecule has 0 radical (unpaired) electrons. The van der Waals surface area contributed by atoms with Gasteiger partial charge in [-0.15, -0.1) is 0 Å². The molecular weight excluding hydrogens is 510 g/mol. The highest BCUT2D eigenvalue weighted by molar-refractivity contribution is 7.10. The summed E-state index contributed by atoms with van der Waals surface area (Å²) < 4.78 is 40.3. The largest absolute Gasteiger partial charge is 0.481 e. The number of ether oxygens (including phenoxy) is 1. The molecular formula is C29H24F2N2O4S. The Morgan fingerprint density at radius 3 is 2.24 bits per heavy atom. The van der Waals surface area contributed by atoms with Crippen molar-refractivity contribution < 1.29 is 28.2 Å². The van der Waals surface area contributed by atoms with Gasteiger partial charge in [-0.3, -0.25) is 10.1 Å². The van der Waals surface area contributed by atoms with Crippen molar-refractivity contribution in [2.75, 3.05) is 5.32 Å². The minimum Gasteiger partial charge on any atom is -0.481 e. The lowest BCUT2D eigenvalue weighted by atomic mass is 9.93. The van der Waals surface area contributed by atoms with Crippen molar-refractivity contribution in [3.8, 4) is 21.6 Å². The van der Waals surface area contributed by atoms with Crippen LogP contribution in [-0.2, 0) is 14.9 Å². The quantitative estimate of drug-likeness (QED) is 0.256. The molecule has 1 saturated carbocycles. The lowest BCUT2D eigenvalue weighted by molar-refractivity contribution is -0.140. The normalized spacial score (nSPS) is 14.5. The third-order valence-electron chi connectivity index (χ3n) is 6.84. The van der Waals surface area contributed by atoms with Crippen LogP contribution in [-0.4, -0.2) is 21.5 Å². The summed E-state index contributed by atoms with van der Waals surface area (Å²) in [5, 5.41) is 12.1. The summed E-state index contributed by atoms with van der Waals surface area (Å²) in [6, 6.07) is 18.3. The van der Waals surface area contributed by atoms with E-state index >= 15 is 8.78 Å². The van der Waals surface area contributed by atoms with Crippen LogP contribution in [0.1, 0.15) is 42.7 Å². The van der Waals surface area contributed by atoms with Crippen molar-refractivity contribution in [2.45, 2.75) is 38.2 Å². The molecule has 1 aliphatic carbocycles. The van der Waals surface area contributed by atoms with Gasteiger partial charge in [0.05, 0.1) is 27.2 Å². The molecule has 0 spiro atoms. The van der Waals surface area contributed by atoms with Crippen LogP contribution in [0.5, 0.6) is 0 Å². The summed E-state index contributed by atoms with van der Waals surface area (Å²) in [6.07, 6.45) is -0.152. The third kappa shape index (κ3) is 4.77. The molecule has 1 fully saturated rings. The minimum absolute atomic E-state index is 0.140. The number of halogens is 2. The second kappa shape index (κ2) is 9.98. The van der Waals surface area contributed by atoms with E-state index in [9.17, 15) is 14.7 Å². The highest BCUT2D eigenvalue weighted by Crippen LogP contribution is 2.48. The molecule has 1 aromatic heterocycles. The first-order valence-electron chi connectivity index (χ1n) is 12.0. The number of nitrogens with one attached hydrogen (secondary N) is 1. The highest BCUT2D eigenvalue weighted by Gasteiger charge is 2.51. The van der Waals surface area contributed by atoms with Crippen LogP contribution < -0.4 is 5.32 Å². The first-order chi connectivity index (χ1) is 18.2. The number of carbonyl (C=O) groups is 2. The second-order valence-corrected chi connectivity index (χ2v) is 10.1. The number of benzene rings is 3. The van der Waals surface area contributed by atoms with Crippen molar-refractivity contribution in [2.24, 2.45) is 0 Å². The molecule has 38 heavy (non-hydrogen) atoms. The zero-order valence-electron chi connectivity index (χ0n) is 20.6. The van der Waals surface area contributed by atoms with E-state index in [1.54, 1.807) is 38.1 Å². The van der Waals surface area contributed by atoms with E-state index in [2.05, 4.69) is 9.69 Å². The molecule has 0 aliphatic heterocycles. The van der Waals surface area contributed by atoms with Crippen LogP contribution in [0.15, 0.2) is 66.7 Å². The smallest absolute Gasteiger partial charge is 0.412 e. The Labute approximate surface area is 222 Å². The third-order valence-corrected chi connectivity index (χ3v) is 7.80. The van der Waals surface area contributed by atoms with E-state index in [0.29, 0.717) is 35.2 Å². The minimum atomic E-state index is -0.866. The zero-order valence-corrected chi connectivity index (χ0v) is 21.4. The van der Waals surface area contributed by atoms with Gasteiger partial charge in [-0.2, -0.15) is 4.37 Å². The number of nitrogens with zero attached hydrogens (tertiary/aromatic N) is 1. The second-order valence-electron chi connectivity index (χ2n) is 9.33. The van der Waals surface area contributed by atoms with Crippen LogP contribution in [0, 0.1) is 18.6 Å². The number of carboxylic acids is 1. The maximum Gasteiger partial charge on any atom is 0.412 e. The zero-order chi connectivity index (χ0) is 27.0. The van der Waals surface area contributed by atoms with Gasteiger partial charge in [-0.05, 0) is 72.6 Å². The number of aryl methyl sites for hydroxylation is 1. The molecule has 1 amide bonds. The molecule has 194 valence electrons. The number of carbonyl (C=O) groups excluding carboxylic acids is 1. The number of carboxylic acid groups (broad SMARTS) is 1. The molecule has 1 unspecified atom stereocenters. The highest BCUT2D eigenvalue weighted by atomic mass is 32.1. The van der Waals surface area contributed by atoms with Crippen molar-refractivity contribution in [1.82, 2.24) is 4.37 Å². The Bertz CT molecular complexity index is 1490. The molecule has 6 nitrogen and oxygen atoms in total. The van der Waals surface area contributed by atoms with Gasteiger partial charge in [-0.25, -0.2) is 13.6 Å². The van der Waals surface area contributed by atoms with E-state index in [-0.39, 0.29) is 16.1 Å². The van der Waals surface area contributed by atoms with E-state index < -0.39 is 35.2 Å². The molecule has 2 N–H and O–H groups in total. The molecule has 5 rings (SSSR count). The summed E-state index contributed by atoms with van der Waals surface area (Å²) in [5.41, 5.74) is 1.77. The van der Waals surface area contributed by atoms with Crippen LogP contribution in [0.4, 0.5) is 19.3 Å².